The van der Waals surface area contributed by atoms with Crippen molar-refractivity contribution >= 4 is 11.8 Å². The highest BCUT2D eigenvalue weighted by atomic mass is 19.1. The van der Waals surface area contributed by atoms with Gasteiger partial charge in [0.25, 0.3) is 0 Å². The molecule has 0 radical (unpaired) electrons. The van der Waals surface area contributed by atoms with Crippen LogP contribution in [0.5, 0.6) is 5.75 Å². The quantitative estimate of drug-likeness (QED) is 0.906. The Bertz CT molecular complexity index is 757. The third-order valence-electron chi connectivity index (χ3n) is 4.65. The Morgan fingerprint density at radius 1 is 1.29 bits per heavy atom. The zero-order valence-electron chi connectivity index (χ0n) is 13.2. The van der Waals surface area contributed by atoms with Gasteiger partial charge in [0.1, 0.15) is 17.4 Å². The molecule has 7 heteroatoms. The standard InChI is InChI=1S/C17H19FN4O2/c18-11-4-5-15-13(10-11)14(7-9-24-15)20-17(23)21-16-6-8-19-22(16)12-2-1-3-12/h4-6,8,10,12,14H,1-3,7,9H2,(H2,20,21,23). The van der Waals surface area contributed by atoms with Crippen molar-refractivity contribution in [2.75, 3.05) is 11.9 Å². The fraction of sp³-hybridized carbons (Fsp3) is 0.412. The predicted octanol–water partition coefficient (Wildman–Crippen LogP) is 3.39. The van der Waals surface area contributed by atoms with Gasteiger partial charge in [0.15, 0.2) is 0 Å². The number of amides is 2. The van der Waals surface area contributed by atoms with Gasteiger partial charge in [-0.3, -0.25) is 5.32 Å². The van der Waals surface area contributed by atoms with E-state index in [1.165, 1.54) is 18.6 Å². The van der Waals surface area contributed by atoms with Crippen molar-refractivity contribution in [2.24, 2.45) is 0 Å². The van der Waals surface area contributed by atoms with E-state index in [-0.39, 0.29) is 17.9 Å². The molecule has 1 aliphatic heterocycles. The molecule has 1 aromatic heterocycles. The molecular weight excluding hydrogens is 311 g/mol. The van der Waals surface area contributed by atoms with Crippen LogP contribution in [0.1, 0.15) is 43.3 Å². The maximum Gasteiger partial charge on any atom is 0.320 e. The summed E-state index contributed by atoms with van der Waals surface area (Å²) in [5, 5.41) is 10.0. The summed E-state index contributed by atoms with van der Waals surface area (Å²) in [5.41, 5.74) is 0.670. The molecule has 0 bridgehead atoms. The van der Waals surface area contributed by atoms with Crippen LogP contribution in [0.3, 0.4) is 0 Å². The lowest BCUT2D eigenvalue weighted by Crippen LogP contribution is -2.36. The lowest BCUT2D eigenvalue weighted by molar-refractivity contribution is 0.231. The van der Waals surface area contributed by atoms with E-state index in [1.54, 1.807) is 18.3 Å². The van der Waals surface area contributed by atoms with Crippen LogP contribution in [0.15, 0.2) is 30.5 Å². The van der Waals surface area contributed by atoms with Gasteiger partial charge < -0.3 is 10.1 Å². The number of hydrogen-bond donors (Lipinski definition) is 2. The number of hydrogen-bond acceptors (Lipinski definition) is 3. The molecule has 2 N–H and O–H groups in total. The minimum absolute atomic E-state index is 0.274. The number of anilines is 1. The molecule has 1 aliphatic carbocycles. The van der Waals surface area contributed by atoms with E-state index < -0.39 is 0 Å². The Labute approximate surface area is 139 Å². The Kier molecular flexibility index (Phi) is 3.84. The average Bonchev–Trinajstić information content (AvgIpc) is 2.94. The number of fused-ring (bicyclic) bond motifs is 1. The number of nitrogens with zero attached hydrogens (tertiary/aromatic N) is 2. The second kappa shape index (κ2) is 6.14. The molecule has 1 aromatic carbocycles. The Morgan fingerprint density at radius 3 is 2.96 bits per heavy atom. The van der Waals surface area contributed by atoms with Gasteiger partial charge in [-0.05, 0) is 37.5 Å². The van der Waals surface area contributed by atoms with Crippen molar-refractivity contribution in [1.82, 2.24) is 15.1 Å². The van der Waals surface area contributed by atoms with E-state index in [4.69, 9.17) is 4.74 Å². The van der Waals surface area contributed by atoms with Crippen LogP contribution < -0.4 is 15.4 Å². The molecule has 126 valence electrons. The maximum absolute atomic E-state index is 13.5. The smallest absolute Gasteiger partial charge is 0.320 e. The lowest BCUT2D eigenvalue weighted by atomic mass is 9.93. The first-order valence-electron chi connectivity index (χ1n) is 8.24. The summed E-state index contributed by atoms with van der Waals surface area (Å²) in [7, 11) is 0. The normalized spacial score (nSPS) is 19.8. The largest absolute Gasteiger partial charge is 0.493 e. The van der Waals surface area contributed by atoms with Crippen molar-refractivity contribution < 1.29 is 13.9 Å². The Hall–Kier alpha value is -2.57. The van der Waals surface area contributed by atoms with Crippen LogP contribution >= 0.6 is 0 Å². The number of benzene rings is 1. The molecule has 2 amide bonds. The number of urea groups is 1. The van der Waals surface area contributed by atoms with E-state index in [9.17, 15) is 9.18 Å². The SMILES string of the molecule is O=C(Nc1ccnn1C1CCC1)NC1CCOc2ccc(F)cc21. The number of ether oxygens (including phenoxy) is 1. The molecule has 2 heterocycles. The number of aromatic nitrogens is 2. The highest BCUT2D eigenvalue weighted by Gasteiger charge is 2.25. The summed E-state index contributed by atoms with van der Waals surface area (Å²) < 4.78 is 20.9. The first-order valence-corrected chi connectivity index (χ1v) is 8.24. The highest BCUT2D eigenvalue weighted by molar-refractivity contribution is 5.88. The third-order valence-corrected chi connectivity index (χ3v) is 4.65. The minimum atomic E-state index is -0.338. The van der Waals surface area contributed by atoms with E-state index in [0.717, 1.165) is 12.8 Å². The van der Waals surface area contributed by atoms with Gasteiger partial charge in [-0.1, -0.05) is 0 Å². The Balaban J connectivity index is 1.46. The first kappa shape index (κ1) is 15.0. The molecule has 4 rings (SSSR count). The number of halogens is 1. The fourth-order valence-electron chi connectivity index (χ4n) is 3.16. The topological polar surface area (TPSA) is 68.2 Å². The highest BCUT2D eigenvalue weighted by Crippen LogP contribution is 2.34. The molecule has 0 saturated heterocycles. The molecule has 24 heavy (non-hydrogen) atoms. The van der Waals surface area contributed by atoms with Crippen molar-refractivity contribution in [1.29, 1.82) is 0 Å². The summed E-state index contributed by atoms with van der Waals surface area (Å²) in [6, 6.07) is 5.93. The Morgan fingerprint density at radius 2 is 2.17 bits per heavy atom. The van der Waals surface area contributed by atoms with Crippen LogP contribution in [0.2, 0.25) is 0 Å². The van der Waals surface area contributed by atoms with Crippen LogP contribution in [-0.4, -0.2) is 22.4 Å². The van der Waals surface area contributed by atoms with Crippen molar-refractivity contribution in [3.8, 4) is 5.75 Å². The number of rotatable bonds is 3. The maximum atomic E-state index is 13.5. The number of nitrogens with one attached hydrogen (secondary N) is 2. The van der Waals surface area contributed by atoms with Gasteiger partial charge >= 0.3 is 6.03 Å². The predicted molar refractivity (Wildman–Crippen MR) is 86.5 cm³/mol. The molecule has 1 saturated carbocycles. The molecular formula is C17H19FN4O2. The fourth-order valence-corrected chi connectivity index (χ4v) is 3.16. The second-order valence-electron chi connectivity index (χ2n) is 6.22. The van der Waals surface area contributed by atoms with Crippen LogP contribution in [0, 0.1) is 5.82 Å². The molecule has 2 aliphatic rings. The first-order chi connectivity index (χ1) is 11.7. The number of carbonyl (C=O) groups excluding carboxylic acids is 1. The summed E-state index contributed by atoms with van der Waals surface area (Å²) >= 11 is 0. The molecule has 0 spiro atoms. The van der Waals surface area contributed by atoms with E-state index >= 15 is 0 Å². The van der Waals surface area contributed by atoms with E-state index in [1.807, 2.05) is 4.68 Å². The monoisotopic (exact) mass is 330 g/mol. The summed E-state index contributed by atoms with van der Waals surface area (Å²) in [5.74, 6) is 0.964. The van der Waals surface area contributed by atoms with Crippen LogP contribution in [-0.2, 0) is 0 Å². The summed E-state index contributed by atoms with van der Waals surface area (Å²) in [6.45, 7) is 0.490. The van der Waals surface area contributed by atoms with E-state index in [2.05, 4.69) is 15.7 Å². The van der Waals surface area contributed by atoms with Crippen LogP contribution in [0.4, 0.5) is 15.0 Å². The van der Waals surface area contributed by atoms with Gasteiger partial charge in [-0.2, -0.15) is 5.10 Å². The summed E-state index contributed by atoms with van der Waals surface area (Å²) in [6.07, 6.45) is 5.66. The van der Waals surface area contributed by atoms with Gasteiger partial charge in [0.05, 0.1) is 24.9 Å². The zero-order chi connectivity index (χ0) is 16.5. The van der Waals surface area contributed by atoms with Crippen molar-refractivity contribution in [3.05, 3.63) is 41.8 Å². The molecule has 1 atom stereocenters. The van der Waals surface area contributed by atoms with Gasteiger partial charge in [0.2, 0.25) is 0 Å². The zero-order valence-corrected chi connectivity index (χ0v) is 13.2. The molecule has 1 unspecified atom stereocenters. The van der Waals surface area contributed by atoms with Crippen LogP contribution in [0.25, 0.3) is 0 Å². The van der Waals surface area contributed by atoms with Crippen molar-refractivity contribution in [2.45, 2.75) is 37.8 Å². The second-order valence-corrected chi connectivity index (χ2v) is 6.22. The molecule has 2 aromatic rings. The third kappa shape index (κ3) is 2.81. The van der Waals surface area contributed by atoms with Gasteiger partial charge in [0, 0.05) is 18.1 Å². The minimum Gasteiger partial charge on any atom is -0.493 e. The number of carbonyl (C=O) groups is 1. The van der Waals surface area contributed by atoms with Crippen molar-refractivity contribution in [3.63, 3.8) is 0 Å². The summed E-state index contributed by atoms with van der Waals surface area (Å²) in [4.78, 5) is 12.4. The lowest BCUT2D eigenvalue weighted by Gasteiger charge is -2.28. The molecule has 1 fully saturated rings. The average molecular weight is 330 g/mol. The van der Waals surface area contributed by atoms with Gasteiger partial charge in [-0.15, -0.1) is 0 Å². The van der Waals surface area contributed by atoms with Gasteiger partial charge in [-0.25, -0.2) is 13.9 Å². The van der Waals surface area contributed by atoms with E-state index in [0.29, 0.717) is 36.2 Å². The molecule has 6 nitrogen and oxygen atoms in total.